The van der Waals surface area contributed by atoms with Crippen LogP contribution in [-0.4, -0.2) is 9.67 Å². The number of fused-ring (bicyclic) bond motifs is 1. The topological polar surface area (TPSA) is 51.2 Å². The van der Waals surface area contributed by atoms with E-state index < -0.39 is 0 Å². The third-order valence-electron chi connectivity index (χ3n) is 2.44. The van der Waals surface area contributed by atoms with Gasteiger partial charge in [0.15, 0.2) is 0 Å². The fraction of sp³-hybridized carbons (Fsp3) is 0.200. The SMILES string of the molecule is Cn1c(CN)c(Cl)c2cccc(O)c21. The fourth-order valence-electron chi connectivity index (χ4n) is 1.73. The Kier molecular flexibility index (Phi) is 2.13. The number of halogens is 1. The number of aromatic nitrogens is 1. The number of phenols is 1. The number of hydrogen-bond acceptors (Lipinski definition) is 2. The van der Waals surface area contributed by atoms with Crippen LogP contribution in [0.4, 0.5) is 0 Å². The van der Waals surface area contributed by atoms with Crippen LogP contribution in [0.1, 0.15) is 5.69 Å². The van der Waals surface area contributed by atoms with Gasteiger partial charge in [-0.2, -0.15) is 0 Å². The number of rotatable bonds is 1. The second-order valence-corrected chi connectivity index (χ2v) is 3.58. The first-order chi connectivity index (χ1) is 6.66. The lowest BCUT2D eigenvalue weighted by Gasteiger charge is -2.01. The molecule has 3 nitrogen and oxygen atoms in total. The third kappa shape index (κ3) is 1.10. The molecule has 0 unspecified atom stereocenters. The van der Waals surface area contributed by atoms with Crippen molar-refractivity contribution in [3.63, 3.8) is 0 Å². The monoisotopic (exact) mass is 210 g/mol. The minimum atomic E-state index is 0.228. The number of nitrogens with two attached hydrogens (primary N) is 1. The molecule has 1 heterocycles. The zero-order valence-electron chi connectivity index (χ0n) is 7.79. The van der Waals surface area contributed by atoms with Crippen LogP contribution in [0.2, 0.25) is 5.02 Å². The summed E-state index contributed by atoms with van der Waals surface area (Å²) in [6.07, 6.45) is 0. The van der Waals surface area contributed by atoms with Crippen molar-refractivity contribution in [2.75, 3.05) is 0 Å². The maximum Gasteiger partial charge on any atom is 0.139 e. The van der Waals surface area contributed by atoms with Crippen LogP contribution < -0.4 is 5.73 Å². The first-order valence-corrected chi connectivity index (χ1v) is 4.69. The lowest BCUT2D eigenvalue weighted by atomic mass is 10.2. The molecule has 0 saturated heterocycles. The van der Waals surface area contributed by atoms with E-state index in [1.807, 2.05) is 17.7 Å². The van der Waals surface area contributed by atoms with Crippen LogP contribution in [-0.2, 0) is 13.6 Å². The number of aromatic hydroxyl groups is 1. The number of hydrogen-bond donors (Lipinski definition) is 2. The molecular formula is C10H11ClN2O. The maximum absolute atomic E-state index is 9.67. The molecule has 0 aliphatic carbocycles. The molecule has 4 heteroatoms. The van der Waals surface area contributed by atoms with Crippen LogP contribution in [0.15, 0.2) is 18.2 Å². The van der Waals surface area contributed by atoms with Crippen LogP contribution in [0, 0.1) is 0 Å². The van der Waals surface area contributed by atoms with Crippen molar-refractivity contribution in [2.24, 2.45) is 12.8 Å². The molecule has 0 bridgehead atoms. The highest BCUT2D eigenvalue weighted by molar-refractivity contribution is 6.36. The van der Waals surface area contributed by atoms with Crippen molar-refractivity contribution in [1.29, 1.82) is 0 Å². The first-order valence-electron chi connectivity index (χ1n) is 4.31. The second-order valence-electron chi connectivity index (χ2n) is 3.20. The highest BCUT2D eigenvalue weighted by Crippen LogP contribution is 2.34. The number of aryl methyl sites for hydroxylation is 1. The van der Waals surface area contributed by atoms with E-state index >= 15 is 0 Å². The highest BCUT2D eigenvalue weighted by atomic mass is 35.5. The van der Waals surface area contributed by atoms with Gasteiger partial charge in [0, 0.05) is 19.0 Å². The summed E-state index contributed by atoms with van der Waals surface area (Å²) < 4.78 is 1.83. The molecule has 0 amide bonds. The molecule has 0 aliphatic rings. The fourth-order valence-corrected chi connectivity index (χ4v) is 2.08. The Morgan fingerprint density at radius 2 is 2.21 bits per heavy atom. The van der Waals surface area contributed by atoms with Crippen molar-refractivity contribution in [2.45, 2.75) is 6.54 Å². The van der Waals surface area contributed by atoms with Gasteiger partial charge < -0.3 is 15.4 Å². The van der Waals surface area contributed by atoms with Gasteiger partial charge in [0.2, 0.25) is 0 Å². The zero-order chi connectivity index (χ0) is 10.3. The Hall–Kier alpha value is -1.19. The molecule has 0 radical (unpaired) electrons. The third-order valence-corrected chi connectivity index (χ3v) is 2.86. The predicted octanol–water partition coefficient (Wildman–Crippen LogP) is 2.00. The molecular weight excluding hydrogens is 200 g/mol. The standard InChI is InChI=1S/C10H11ClN2O/c1-13-7(5-12)9(11)6-3-2-4-8(14)10(6)13/h2-4,14H,5,12H2,1H3. The van der Waals surface area contributed by atoms with Crippen LogP contribution in [0.3, 0.4) is 0 Å². The van der Waals surface area contributed by atoms with E-state index in [4.69, 9.17) is 17.3 Å². The molecule has 0 aliphatic heterocycles. The summed E-state index contributed by atoms with van der Waals surface area (Å²) in [5.74, 6) is 0.228. The summed E-state index contributed by atoms with van der Waals surface area (Å²) in [5, 5.41) is 11.1. The minimum Gasteiger partial charge on any atom is -0.506 e. The van der Waals surface area contributed by atoms with Gasteiger partial charge in [0.1, 0.15) is 5.75 Å². The maximum atomic E-state index is 9.67. The van der Waals surface area contributed by atoms with E-state index in [1.54, 1.807) is 12.1 Å². The van der Waals surface area contributed by atoms with Crippen LogP contribution >= 0.6 is 11.6 Å². The Balaban J connectivity index is 2.94. The van der Waals surface area contributed by atoms with Crippen molar-refractivity contribution < 1.29 is 5.11 Å². The van der Waals surface area contributed by atoms with Gasteiger partial charge in [0.25, 0.3) is 0 Å². The molecule has 0 fully saturated rings. The Morgan fingerprint density at radius 3 is 2.79 bits per heavy atom. The van der Waals surface area contributed by atoms with E-state index in [1.165, 1.54) is 0 Å². The Labute approximate surface area is 86.7 Å². The van der Waals surface area contributed by atoms with Crippen LogP contribution in [0.5, 0.6) is 5.75 Å². The molecule has 2 rings (SSSR count). The van der Waals surface area contributed by atoms with Crippen molar-refractivity contribution in [1.82, 2.24) is 4.57 Å². The van der Waals surface area contributed by atoms with Crippen molar-refractivity contribution in [3.8, 4) is 5.75 Å². The quantitative estimate of drug-likeness (QED) is 0.757. The Bertz CT molecular complexity index is 490. The molecule has 1 aromatic carbocycles. The molecule has 2 aromatic rings. The van der Waals surface area contributed by atoms with Crippen LogP contribution in [0.25, 0.3) is 10.9 Å². The second kappa shape index (κ2) is 3.19. The molecule has 74 valence electrons. The van der Waals surface area contributed by atoms with E-state index in [0.717, 1.165) is 16.6 Å². The summed E-state index contributed by atoms with van der Waals surface area (Å²) in [6, 6.07) is 5.28. The van der Waals surface area contributed by atoms with E-state index in [9.17, 15) is 5.11 Å². The summed E-state index contributed by atoms with van der Waals surface area (Å²) >= 11 is 6.12. The van der Waals surface area contributed by atoms with Gasteiger partial charge in [0.05, 0.1) is 16.2 Å². The first kappa shape index (κ1) is 9.37. The summed E-state index contributed by atoms with van der Waals surface area (Å²) in [7, 11) is 1.84. The molecule has 0 spiro atoms. The van der Waals surface area contributed by atoms with Gasteiger partial charge in [-0.15, -0.1) is 0 Å². The van der Waals surface area contributed by atoms with E-state index in [-0.39, 0.29) is 5.75 Å². The molecule has 0 saturated carbocycles. The molecule has 0 atom stereocenters. The smallest absolute Gasteiger partial charge is 0.139 e. The predicted molar refractivity (Wildman–Crippen MR) is 57.5 cm³/mol. The van der Waals surface area contributed by atoms with Gasteiger partial charge in [-0.05, 0) is 6.07 Å². The molecule has 1 aromatic heterocycles. The summed E-state index contributed by atoms with van der Waals surface area (Å²) in [5.41, 5.74) is 7.15. The van der Waals surface area contributed by atoms with Crippen molar-refractivity contribution in [3.05, 3.63) is 28.9 Å². The lowest BCUT2D eigenvalue weighted by Crippen LogP contribution is -2.03. The average molecular weight is 211 g/mol. The Morgan fingerprint density at radius 1 is 1.50 bits per heavy atom. The molecule has 3 N–H and O–H groups in total. The number of phenolic OH excluding ortho intramolecular Hbond substituents is 1. The summed E-state index contributed by atoms with van der Waals surface area (Å²) in [4.78, 5) is 0. The van der Waals surface area contributed by atoms with Gasteiger partial charge in [-0.25, -0.2) is 0 Å². The average Bonchev–Trinajstić information content (AvgIpc) is 2.41. The van der Waals surface area contributed by atoms with Gasteiger partial charge >= 0.3 is 0 Å². The highest BCUT2D eigenvalue weighted by Gasteiger charge is 2.14. The largest absolute Gasteiger partial charge is 0.506 e. The van der Waals surface area contributed by atoms with E-state index in [2.05, 4.69) is 0 Å². The van der Waals surface area contributed by atoms with Crippen molar-refractivity contribution >= 4 is 22.5 Å². The normalized spacial score (nSPS) is 11.1. The molecule has 14 heavy (non-hydrogen) atoms. The lowest BCUT2D eigenvalue weighted by molar-refractivity contribution is 0.478. The number of benzene rings is 1. The number of para-hydroxylation sites is 1. The summed E-state index contributed by atoms with van der Waals surface area (Å²) in [6.45, 7) is 0.365. The van der Waals surface area contributed by atoms with Gasteiger partial charge in [-0.3, -0.25) is 0 Å². The van der Waals surface area contributed by atoms with Gasteiger partial charge in [-0.1, -0.05) is 23.7 Å². The van der Waals surface area contributed by atoms with E-state index in [0.29, 0.717) is 11.6 Å². The minimum absolute atomic E-state index is 0.228. The number of nitrogens with zero attached hydrogens (tertiary/aromatic N) is 1. The zero-order valence-corrected chi connectivity index (χ0v) is 8.54.